The van der Waals surface area contributed by atoms with Gasteiger partial charge in [-0.05, 0) is 50.4 Å². The monoisotopic (exact) mass is 408 g/mol. The van der Waals surface area contributed by atoms with Gasteiger partial charge in [0.15, 0.2) is 9.84 Å². The molecule has 0 aliphatic carbocycles. The average Bonchev–Trinajstić information content (AvgIpc) is 2.45. The Hall–Kier alpha value is -0.670. The topological polar surface area (TPSA) is 83.6 Å². The van der Waals surface area contributed by atoms with E-state index in [0.29, 0.717) is 12.5 Å². The van der Waals surface area contributed by atoms with E-state index in [-0.39, 0.29) is 20.9 Å². The Kier molecular flexibility index (Phi) is 6.54. The summed E-state index contributed by atoms with van der Waals surface area (Å²) in [6.07, 6.45) is 3.34. The van der Waals surface area contributed by atoms with Crippen LogP contribution >= 0.6 is 11.6 Å². The van der Waals surface area contributed by atoms with E-state index in [0.717, 1.165) is 31.8 Å². The molecule has 9 heteroatoms. The molecule has 142 valence electrons. The van der Waals surface area contributed by atoms with Gasteiger partial charge in [-0.2, -0.15) is 0 Å². The van der Waals surface area contributed by atoms with Crippen LogP contribution in [0.2, 0.25) is 5.02 Å². The van der Waals surface area contributed by atoms with Crippen LogP contribution in [0.15, 0.2) is 28.0 Å². The predicted molar refractivity (Wildman–Crippen MR) is 99.2 cm³/mol. The average molecular weight is 409 g/mol. The fraction of sp³-hybridized carbons (Fsp3) is 0.625. The molecule has 0 bridgehead atoms. The summed E-state index contributed by atoms with van der Waals surface area (Å²) in [6, 6.07) is 3.39. The van der Waals surface area contributed by atoms with E-state index in [1.54, 1.807) is 6.92 Å². The molecule has 0 amide bonds. The summed E-state index contributed by atoms with van der Waals surface area (Å²) in [4.78, 5) is 1.96. The van der Waals surface area contributed by atoms with Crippen LogP contribution in [0.25, 0.3) is 0 Å². The third kappa shape index (κ3) is 5.65. The highest BCUT2D eigenvalue weighted by atomic mass is 35.5. The normalized spacial score (nSPS) is 21.2. The van der Waals surface area contributed by atoms with Crippen molar-refractivity contribution in [3.05, 3.63) is 23.2 Å². The molecular weight excluding hydrogens is 384 g/mol. The van der Waals surface area contributed by atoms with Gasteiger partial charge in [0, 0.05) is 25.4 Å². The first-order valence-electron chi connectivity index (χ1n) is 8.23. The van der Waals surface area contributed by atoms with Gasteiger partial charge in [0.1, 0.15) is 4.90 Å². The molecule has 0 radical (unpaired) electrons. The number of sulfonamides is 1. The summed E-state index contributed by atoms with van der Waals surface area (Å²) in [5, 5.41) is -0.00121. The number of rotatable bonds is 6. The van der Waals surface area contributed by atoms with Crippen molar-refractivity contribution in [2.45, 2.75) is 42.5 Å². The summed E-state index contributed by atoms with van der Waals surface area (Å²) in [5.41, 5.74) is 0. The van der Waals surface area contributed by atoms with Gasteiger partial charge < -0.3 is 4.90 Å². The maximum absolute atomic E-state index is 12.6. The Morgan fingerprint density at radius 2 is 2.00 bits per heavy atom. The van der Waals surface area contributed by atoms with Crippen molar-refractivity contribution in [2.24, 2.45) is 5.92 Å². The maximum atomic E-state index is 12.6. The molecule has 1 aromatic rings. The van der Waals surface area contributed by atoms with Gasteiger partial charge in [0.2, 0.25) is 10.0 Å². The van der Waals surface area contributed by atoms with E-state index < -0.39 is 19.9 Å². The first-order chi connectivity index (χ1) is 11.5. The quantitative estimate of drug-likeness (QED) is 0.779. The molecule has 25 heavy (non-hydrogen) atoms. The molecule has 1 fully saturated rings. The largest absolute Gasteiger partial charge is 0.301 e. The van der Waals surface area contributed by atoms with Crippen molar-refractivity contribution >= 4 is 31.5 Å². The van der Waals surface area contributed by atoms with Gasteiger partial charge in [0.05, 0.1) is 9.92 Å². The molecule has 1 saturated heterocycles. The third-order valence-corrected chi connectivity index (χ3v) is 7.43. The van der Waals surface area contributed by atoms with E-state index in [1.807, 2.05) is 0 Å². The Balaban J connectivity index is 2.15. The fourth-order valence-corrected chi connectivity index (χ4v) is 5.61. The molecule has 6 nitrogen and oxygen atoms in total. The molecule has 0 aromatic heterocycles. The highest BCUT2D eigenvalue weighted by Crippen LogP contribution is 2.25. The van der Waals surface area contributed by atoms with Crippen molar-refractivity contribution in [3.63, 3.8) is 0 Å². The number of hydrogen-bond acceptors (Lipinski definition) is 5. The Morgan fingerprint density at radius 3 is 2.60 bits per heavy atom. The van der Waals surface area contributed by atoms with Crippen LogP contribution in [0.1, 0.15) is 26.7 Å². The van der Waals surface area contributed by atoms with Crippen molar-refractivity contribution in [1.82, 2.24) is 9.62 Å². The summed E-state index contributed by atoms with van der Waals surface area (Å²) in [7, 11) is -7.43. The molecule has 0 unspecified atom stereocenters. The molecule has 1 heterocycles. The Bertz CT molecular complexity index is 825. The lowest BCUT2D eigenvalue weighted by atomic mass is 10.00. The molecule has 2 atom stereocenters. The van der Waals surface area contributed by atoms with E-state index in [2.05, 4.69) is 16.5 Å². The van der Waals surface area contributed by atoms with Crippen LogP contribution in [-0.2, 0) is 19.9 Å². The molecule has 1 N–H and O–H groups in total. The Morgan fingerprint density at radius 1 is 1.32 bits per heavy atom. The molecular formula is C16H25ClN2O4S2. The summed E-state index contributed by atoms with van der Waals surface area (Å²) >= 11 is 6.00. The van der Waals surface area contributed by atoms with E-state index in [9.17, 15) is 16.8 Å². The standard InChI is InChI=1S/C16H25ClN2O4S2/c1-12-5-4-8-19(10-12)11-13(2)18-25(22,23)16-9-14(24(3,20)21)6-7-15(16)17/h6-7,9,12-13,18H,4-5,8,10-11H2,1-3H3/t12-,13-/m1/s1. The van der Waals surface area contributed by atoms with Crippen LogP contribution in [0.4, 0.5) is 0 Å². The minimum absolute atomic E-state index is 0.00121. The summed E-state index contributed by atoms with van der Waals surface area (Å²) < 4.78 is 51.2. The minimum Gasteiger partial charge on any atom is -0.301 e. The number of likely N-dealkylation sites (tertiary alicyclic amines) is 1. The first kappa shape index (κ1) is 20.6. The molecule has 1 aromatic carbocycles. The molecule has 0 spiro atoms. The van der Waals surface area contributed by atoms with Gasteiger partial charge in [0.25, 0.3) is 0 Å². The van der Waals surface area contributed by atoms with Gasteiger partial charge in [-0.15, -0.1) is 0 Å². The van der Waals surface area contributed by atoms with Gasteiger partial charge in [-0.1, -0.05) is 18.5 Å². The molecule has 1 aliphatic heterocycles. The van der Waals surface area contributed by atoms with Gasteiger partial charge in [-0.3, -0.25) is 0 Å². The van der Waals surface area contributed by atoms with Crippen LogP contribution in [0, 0.1) is 5.92 Å². The number of sulfone groups is 1. The lowest BCUT2D eigenvalue weighted by Crippen LogP contribution is -2.45. The van der Waals surface area contributed by atoms with Crippen LogP contribution in [0.3, 0.4) is 0 Å². The second-order valence-electron chi connectivity index (χ2n) is 6.89. The second kappa shape index (κ2) is 7.92. The van der Waals surface area contributed by atoms with Crippen molar-refractivity contribution in [1.29, 1.82) is 0 Å². The predicted octanol–water partition coefficient (Wildman–Crippen LogP) is 2.14. The molecule has 0 saturated carbocycles. The first-order valence-corrected chi connectivity index (χ1v) is 12.0. The number of piperidine rings is 1. The summed E-state index contributed by atoms with van der Waals surface area (Å²) in [5.74, 6) is 0.610. The van der Waals surface area contributed by atoms with Gasteiger partial charge >= 0.3 is 0 Å². The zero-order valence-electron chi connectivity index (χ0n) is 14.7. The smallest absolute Gasteiger partial charge is 0.242 e. The van der Waals surface area contributed by atoms with E-state index in [1.165, 1.54) is 18.6 Å². The molecule has 1 aliphatic rings. The zero-order valence-corrected chi connectivity index (χ0v) is 17.1. The lowest BCUT2D eigenvalue weighted by Gasteiger charge is -2.32. The molecule has 2 rings (SSSR count). The van der Waals surface area contributed by atoms with Gasteiger partial charge in [-0.25, -0.2) is 21.6 Å². The highest BCUT2D eigenvalue weighted by molar-refractivity contribution is 7.91. The number of hydrogen-bond donors (Lipinski definition) is 1. The fourth-order valence-electron chi connectivity index (χ4n) is 3.13. The van der Waals surface area contributed by atoms with Crippen molar-refractivity contribution in [2.75, 3.05) is 25.9 Å². The number of nitrogens with one attached hydrogen (secondary N) is 1. The van der Waals surface area contributed by atoms with Crippen molar-refractivity contribution < 1.29 is 16.8 Å². The lowest BCUT2D eigenvalue weighted by molar-refractivity contribution is 0.174. The SMILES string of the molecule is C[C@@H]1CCCN(C[C@@H](C)NS(=O)(=O)c2cc(S(C)(=O)=O)ccc2Cl)C1. The van der Waals surface area contributed by atoms with Crippen LogP contribution in [-0.4, -0.2) is 53.7 Å². The van der Waals surface area contributed by atoms with E-state index in [4.69, 9.17) is 11.6 Å². The third-order valence-electron chi connectivity index (χ3n) is 4.25. The van der Waals surface area contributed by atoms with Crippen molar-refractivity contribution in [3.8, 4) is 0 Å². The van der Waals surface area contributed by atoms with Crippen LogP contribution < -0.4 is 4.72 Å². The van der Waals surface area contributed by atoms with Crippen LogP contribution in [0.5, 0.6) is 0 Å². The second-order valence-corrected chi connectivity index (χ2v) is 11.0. The number of benzene rings is 1. The number of halogens is 1. The Labute approximate surface area is 155 Å². The number of nitrogens with zero attached hydrogens (tertiary/aromatic N) is 1. The highest BCUT2D eigenvalue weighted by Gasteiger charge is 2.25. The minimum atomic E-state index is -3.91. The van der Waals surface area contributed by atoms with E-state index >= 15 is 0 Å². The zero-order chi connectivity index (χ0) is 18.8. The summed E-state index contributed by atoms with van der Waals surface area (Å²) in [6.45, 7) is 6.51. The maximum Gasteiger partial charge on any atom is 0.242 e.